The highest BCUT2D eigenvalue weighted by molar-refractivity contribution is 6.31. The Labute approximate surface area is 84.9 Å². The Morgan fingerprint density at radius 2 is 2.00 bits per heavy atom. The van der Waals surface area contributed by atoms with E-state index in [2.05, 4.69) is 19.9 Å². The van der Waals surface area contributed by atoms with E-state index in [1.807, 2.05) is 19.1 Å². The van der Waals surface area contributed by atoms with Crippen molar-refractivity contribution >= 4 is 11.6 Å². The van der Waals surface area contributed by atoms with Crippen LogP contribution in [0, 0.1) is 6.92 Å². The fourth-order valence-corrected chi connectivity index (χ4v) is 1.31. The SMILES string of the molecule is Cc1ccc(C(C)(C)CN)cc1Cl. The van der Waals surface area contributed by atoms with E-state index in [0.717, 1.165) is 10.6 Å². The van der Waals surface area contributed by atoms with Crippen LogP contribution in [-0.2, 0) is 5.41 Å². The van der Waals surface area contributed by atoms with Gasteiger partial charge in [0.15, 0.2) is 0 Å². The Hall–Kier alpha value is -0.530. The molecule has 0 fully saturated rings. The van der Waals surface area contributed by atoms with E-state index in [9.17, 15) is 0 Å². The Bertz CT molecular complexity index is 305. The van der Waals surface area contributed by atoms with Crippen LogP contribution in [0.3, 0.4) is 0 Å². The maximum atomic E-state index is 6.04. The molecule has 2 heteroatoms. The highest BCUT2D eigenvalue weighted by atomic mass is 35.5. The maximum absolute atomic E-state index is 6.04. The highest BCUT2D eigenvalue weighted by Crippen LogP contribution is 2.26. The number of rotatable bonds is 2. The lowest BCUT2D eigenvalue weighted by molar-refractivity contribution is 0.539. The lowest BCUT2D eigenvalue weighted by Gasteiger charge is -2.23. The number of nitrogens with two attached hydrogens (primary N) is 1. The molecule has 0 radical (unpaired) electrons. The minimum atomic E-state index is 0.0112. The molecule has 0 amide bonds. The number of hydrogen-bond donors (Lipinski definition) is 1. The van der Waals surface area contributed by atoms with Crippen LogP contribution in [0.5, 0.6) is 0 Å². The van der Waals surface area contributed by atoms with Crippen molar-refractivity contribution in [2.24, 2.45) is 5.73 Å². The summed E-state index contributed by atoms with van der Waals surface area (Å²) in [5, 5.41) is 0.819. The van der Waals surface area contributed by atoms with Gasteiger partial charge in [0.25, 0.3) is 0 Å². The molecule has 0 spiro atoms. The molecule has 2 N–H and O–H groups in total. The summed E-state index contributed by atoms with van der Waals surface area (Å²) in [6.07, 6.45) is 0. The molecule has 0 bridgehead atoms. The molecule has 0 aliphatic rings. The summed E-state index contributed by atoms with van der Waals surface area (Å²) < 4.78 is 0. The van der Waals surface area contributed by atoms with E-state index < -0.39 is 0 Å². The first-order valence-electron chi connectivity index (χ1n) is 4.44. The first kappa shape index (κ1) is 10.6. The van der Waals surface area contributed by atoms with Crippen molar-refractivity contribution in [2.75, 3.05) is 6.54 Å². The van der Waals surface area contributed by atoms with Gasteiger partial charge < -0.3 is 5.73 Å². The fraction of sp³-hybridized carbons (Fsp3) is 0.455. The van der Waals surface area contributed by atoms with Gasteiger partial charge in [-0.05, 0) is 24.1 Å². The van der Waals surface area contributed by atoms with E-state index in [1.165, 1.54) is 5.56 Å². The molecule has 1 nitrogen and oxygen atoms in total. The monoisotopic (exact) mass is 197 g/mol. The molecule has 0 saturated carbocycles. The normalized spacial score (nSPS) is 11.8. The summed E-state index contributed by atoms with van der Waals surface area (Å²) in [5.74, 6) is 0. The second-order valence-corrected chi connectivity index (χ2v) is 4.46. The van der Waals surface area contributed by atoms with Crippen LogP contribution in [0.25, 0.3) is 0 Å². The lowest BCUT2D eigenvalue weighted by atomic mass is 9.84. The Kier molecular flexibility index (Phi) is 2.99. The molecule has 0 atom stereocenters. The minimum Gasteiger partial charge on any atom is -0.330 e. The zero-order valence-corrected chi connectivity index (χ0v) is 9.15. The third-order valence-electron chi connectivity index (χ3n) is 2.46. The molecule has 0 saturated heterocycles. The van der Waals surface area contributed by atoms with E-state index in [1.54, 1.807) is 0 Å². The molecular weight excluding hydrogens is 182 g/mol. The third kappa shape index (κ3) is 2.23. The highest BCUT2D eigenvalue weighted by Gasteiger charge is 2.18. The van der Waals surface area contributed by atoms with Crippen molar-refractivity contribution in [3.8, 4) is 0 Å². The van der Waals surface area contributed by atoms with Crippen LogP contribution in [0.4, 0.5) is 0 Å². The van der Waals surface area contributed by atoms with Crippen LogP contribution in [0.1, 0.15) is 25.0 Å². The molecule has 1 aromatic rings. The summed E-state index contributed by atoms with van der Waals surface area (Å²) in [4.78, 5) is 0. The predicted octanol–water partition coefficient (Wildman–Crippen LogP) is 2.88. The summed E-state index contributed by atoms with van der Waals surface area (Å²) in [6.45, 7) is 6.87. The van der Waals surface area contributed by atoms with Gasteiger partial charge in [0.1, 0.15) is 0 Å². The summed E-state index contributed by atoms with van der Waals surface area (Å²) >= 11 is 6.04. The van der Waals surface area contributed by atoms with Gasteiger partial charge in [-0.15, -0.1) is 0 Å². The number of benzene rings is 1. The first-order valence-corrected chi connectivity index (χ1v) is 4.82. The fourth-order valence-electron chi connectivity index (χ4n) is 1.13. The molecule has 0 unspecified atom stereocenters. The molecule has 0 aliphatic carbocycles. The number of aryl methyl sites for hydroxylation is 1. The quantitative estimate of drug-likeness (QED) is 0.776. The van der Waals surface area contributed by atoms with Crippen molar-refractivity contribution in [2.45, 2.75) is 26.2 Å². The van der Waals surface area contributed by atoms with Crippen LogP contribution in [0.2, 0.25) is 5.02 Å². The van der Waals surface area contributed by atoms with Crippen LogP contribution >= 0.6 is 11.6 Å². The largest absolute Gasteiger partial charge is 0.330 e. The number of halogens is 1. The zero-order valence-electron chi connectivity index (χ0n) is 8.39. The van der Waals surface area contributed by atoms with Gasteiger partial charge in [-0.2, -0.15) is 0 Å². The average Bonchev–Trinajstić information content (AvgIpc) is 2.09. The van der Waals surface area contributed by atoms with Gasteiger partial charge in [0, 0.05) is 17.0 Å². The van der Waals surface area contributed by atoms with Crippen molar-refractivity contribution in [1.29, 1.82) is 0 Å². The lowest BCUT2D eigenvalue weighted by Crippen LogP contribution is -2.28. The molecule has 1 rings (SSSR count). The molecule has 0 aliphatic heterocycles. The molecule has 72 valence electrons. The smallest absolute Gasteiger partial charge is 0.0438 e. The van der Waals surface area contributed by atoms with Crippen molar-refractivity contribution in [3.63, 3.8) is 0 Å². The summed E-state index contributed by atoms with van der Waals surface area (Å²) in [6, 6.07) is 6.13. The van der Waals surface area contributed by atoms with Gasteiger partial charge in [-0.25, -0.2) is 0 Å². The van der Waals surface area contributed by atoms with E-state index >= 15 is 0 Å². The second kappa shape index (κ2) is 3.69. The minimum absolute atomic E-state index is 0.0112. The summed E-state index contributed by atoms with van der Waals surface area (Å²) in [5.41, 5.74) is 8.00. The van der Waals surface area contributed by atoms with Crippen LogP contribution < -0.4 is 5.73 Å². The van der Waals surface area contributed by atoms with Gasteiger partial charge in [-0.3, -0.25) is 0 Å². The Balaban J connectivity index is 3.10. The van der Waals surface area contributed by atoms with Gasteiger partial charge >= 0.3 is 0 Å². The van der Waals surface area contributed by atoms with Gasteiger partial charge in [0.2, 0.25) is 0 Å². The van der Waals surface area contributed by atoms with Crippen molar-refractivity contribution in [3.05, 3.63) is 34.3 Å². The van der Waals surface area contributed by atoms with E-state index in [0.29, 0.717) is 6.54 Å². The molecule has 1 aromatic carbocycles. The first-order chi connectivity index (χ1) is 5.97. The molecule has 13 heavy (non-hydrogen) atoms. The van der Waals surface area contributed by atoms with Gasteiger partial charge in [0.05, 0.1) is 0 Å². The predicted molar refractivity (Wildman–Crippen MR) is 58.3 cm³/mol. The average molecular weight is 198 g/mol. The summed E-state index contributed by atoms with van der Waals surface area (Å²) in [7, 11) is 0. The van der Waals surface area contributed by atoms with E-state index in [4.69, 9.17) is 17.3 Å². The number of hydrogen-bond acceptors (Lipinski definition) is 1. The van der Waals surface area contributed by atoms with Crippen molar-refractivity contribution < 1.29 is 0 Å². The second-order valence-electron chi connectivity index (χ2n) is 4.05. The van der Waals surface area contributed by atoms with Crippen LogP contribution in [-0.4, -0.2) is 6.54 Å². The maximum Gasteiger partial charge on any atom is 0.0438 e. The molecular formula is C11H16ClN. The standard InChI is InChI=1S/C11H16ClN/c1-8-4-5-9(6-10(8)12)11(2,3)7-13/h4-6H,7,13H2,1-3H3. The zero-order chi connectivity index (χ0) is 10.1. The Morgan fingerprint density at radius 1 is 1.38 bits per heavy atom. The molecule has 0 heterocycles. The van der Waals surface area contributed by atoms with Gasteiger partial charge in [-0.1, -0.05) is 37.6 Å². The topological polar surface area (TPSA) is 26.0 Å². The van der Waals surface area contributed by atoms with E-state index in [-0.39, 0.29) is 5.41 Å². The molecule has 0 aromatic heterocycles. The van der Waals surface area contributed by atoms with Crippen molar-refractivity contribution in [1.82, 2.24) is 0 Å². The Morgan fingerprint density at radius 3 is 2.46 bits per heavy atom. The van der Waals surface area contributed by atoms with Crippen LogP contribution in [0.15, 0.2) is 18.2 Å². The third-order valence-corrected chi connectivity index (χ3v) is 2.87.